The normalized spacial score (nSPS) is 11.8. The van der Waals surface area contributed by atoms with Crippen LogP contribution >= 0.6 is 23.4 Å². The van der Waals surface area contributed by atoms with Gasteiger partial charge in [-0.25, -0.2) is 0 Å². The first kappa shape index (κ1) is 28.7. The lowest BCUT2D eigenvalue weighted by atomic mass is 10.1. The summed E-state index contributed by atoms with van der Waals surface area (Å²) in [5.74, 6) is -1.06. The molecule has 0 spiro atoms. The average Bonchev–Trinajstić information content (AvgIpc) is 2.95. The predicted molar refractivity (Wildman–Crippen MR) is 164 cm³/mol. The summed E-state index contributed by atoms with van der Waals surface area (Å²) in [6, 6.07) is 30.6. The molecule has 4 rings (SSSR count). The number of carbonyl (C=O) groups is 3. The molecule has 0 aliphatic rings. The molecule has 1 unspecified atom stereocenters. The van der Waals surface area contributed by atoms with Crippen molar-refractivity contribution in [2.24, 2.45) is 0 Å². The number of thioether (sulfide) groups is 1. The Morgan fingerprint density at radius 3 is 2.25 bits per heavy atom. The molecule has 0 aliphatic heterocycles. The highest BCUT2D eigenvalue weighted by Gasteiger charge is 2.18. The van der Waals surface area contributed by atoms with Crippen LogP contribution in [0.1, 0.15) is 28.4 Å². The van der Waals surface area contributed by atoms with E-state index in [1.165, 1.54) is 11.8 Å². The minimum atomic E-state index is -0.475. The number of rotatable bonds is 9. The summed E-state index contributed by atoms with van der Waals surface area (Å²) in [5.41, 5.74) is 3.47. The van der Waals surface area contributed by atoms with E-state index in [0.717, 1.165) is 16.0 Å². The zero-order valence-electron chi connectivity index (χ0n) is 22.0. The Balaban J connectivity index is 1.48. The number of halogens is 1. The minimum Gasteiger partial charge on any atom is -0.324 e. The summed E-state index contributed by atoms with van der Waals surface area (Å²) < 4.78 is 0. The smallest absolute Gasteiger partial charge is 0.272 e. The van der Waals surface area contributed by atoms with Crippen LogP contribution < -0.4 is 16.0 Å². The second-order valence-corrected chi connectivity index (χ2v) is 10.8. The van der Waals surface area contributed by atoms with E-state index in [1.54, 1.807) is 79.7 Å². The van der Waals surface area contributed by atoms with Crippen molar-refractivity contribution in [1.82, 2.24) is 5.32 Å². The molecule has 0 saturated heterocycles. The third kappa shape index (κ3) is 8.09. The summed E-state index contributed by atoms with van der Waals surface area (Å²) in [6.07, 6.45) is 1.63. The number of para-hydroxylation sites is 1. The zero-order chi connectivity index (χ0) is 28.5. The first-order chi connectivity index (χ1) is 19.3. The van der Waals surface area contributed by atoms with Crippen LogP contribution in [0, 0.1) is 6.92 Å². The number of benzene rings is 4. The number of nitrogens with one attached hydrogen (secondary N) is 3. The molecule has 0 heterocycles. The fourth-order valence-electron chi connectivity index (χ4n) is 3.67. The molecule has 0 radical (unpaired) electrons. The van der Waals surface area contributed by atoms with E-state index in [4.69, 9.17) is 11.6 Å². The SMILES string of the molecule is Cc1ccc(/C=C(\NC(=O)c2ccccc2)C(=O)Nc2cccc(SC(C)C(=O)Nc3ccccc3Cl)c2)cc1. The fourth-order valence-corrected chi connectivity index (χ4v) is 4.78. The summed E-state index contributed by atoms with van der Waals surface area (Å²) in [5, 5.41) is 8.49. The molecular formula is C32H28ClN3O3S. The van der Waals surface area contributed by atoms with Crippen molar-refractivity contribution < 1.29 is 14.4 Å². The summed E-state index contributed by atoms with van der Waals surface area (Å²) in [4.78, 5) is 39.7. The molecule has 3 amide bonds. The molecule has 8 heteroatoms. The van der Waals surface area contributed by atoms with E-state index in [2.05, 4.69) is 16.0 Å². The van der Waals surface area contributed by atoms with Crippen molar-refractivity contribution in [3.63, 3.8) is 0 Å². The van der Waals surface area contributed by atoms with Gasteiger partial charge in [-0.3, -0.25) is 14.4 Å². The van der Waals surface area contributed by atoms with Crippen LogP contribution in [-0.4, -0.2) is 23.0 Å². The molecule has 0 bridgehead atoms. The standard InChI is InChI=1S/C32H28ClN3O3S/c1-21-15-17-23(18-16-21)19-29(36-31(38)24-9-4-3-5-10-24)32(39)34-25-11-8-12-26(20-25)40-22(2)30(37)35-28-14-7-6-13-27(28)33/h3-20,22H,1-2H3,(H,34,39)(H,35,37)(H,36,38)/b29-19-. The van der Waals surface area contributed by atoms with Gasteiger partial charge in [0.05, 0.1) is 16.0 Å². The van der Waals surface area contributed by atoms with E-state index in [9.17, 15) is 14.4 Å². The third-order valence-corrected chi connectivity index (χ3v) is 7.25. The summed E-state index contributed by atoms with van der Waals surface area (Å²) >= 11 is 7.51. The number of hydrogen-bond donors (Lipinski definition) is 3. The van der Waals surface area contributed by atoms with E-state index in [0.29, 0.717) is 22.0 Å². The highest BCUT2D eigenvalue weighted by molar-refractivity contribution is 8.00. The van der Waals surface area contributed by atoms with Crippen molar-refractivity contribution in [3.05, 3.63) is 131 Å². The number of anilines is 2. The zero-order valence-corrected chi connectivity index (χ0v) is 23.6. The van der Waals surface area contributed by atoms with Gasteiger partial charge in [0, 0.05) is 16.1 Å². The molecule has 4 aromatic rings. The predicted octanol–water partition coefficient (Wildman–Crippen LogP) is 7.18. The third-order valence-electron chi connectivity index (χ3n) is 5.82. The molecule has 0 aromatic heterocycles. The van der Waals surface area contributed by atoms with E-state index < -0.39 is 17.1 Å². The first-order valence-corrected chi connectivity index (χ1v) is 13.8. The van der Waals surface area contributed by atoms with Gasteiger partial charge in [0.25, 0.3) is 11.8 Å². The molecule has 0 aliphatic carbocycles. The van der Waals surface area contributed by atoms with Gasteiger partial charge in [-0.1, -0.05) is 77.8 Å². The Morgan fingerprint density at radius 2 is 1.52 bits per heavy atom. The Hall–Kier alpha value is -4.33. The Kier molecular flexibility index (Phi) is 9.78. The van der Waals surface area contributed by atoms with Gasteiger partial charge < -0.3 is 16.0 Å². The summed E-state index contributed by atoms with van der Waals surface area (Å²) in [7, 11) is 0. The second kappa shape index (κ2) is 13.6. The molecule has 1 atom stereocenters. The van der Waals surface area contributed by atoms with Crippen LogP contribution in [0.3, 0.4) is 0 Å². The maximum absolute atomic E-state index is 13.4. The second-order valence-electron chi connectivity index (χ2n) is 9.00. The largest absolute Gasteiger partial charge is 0.324 e. The lowest BCUT2D eigenvalue weighted by molar-refractivity contribution is -0.115. The van der Waals surface area contributed by atoms with Crippen molar-refractivity contribution in [3.8, 4) is 0 Å². The lowest BCUT2D eigenvalue weighted by Gasteiger charge is -2.14. The van der Waals surface area contributed by atoms with Crippen LogP contribution in [0.2, 0.25) is 5.02 Å². The number of hydrogen-bond acceptors (Lipinski definition) is 4. The van der Waals surface area contributed by atoms with Crippen molar-refractivity contribution >= 4 is 58.5 Å². The van der Waals surface area contributed by atoms with E-state index in [1.807, 2.05) is 43.3 Å². The van der Waals surface area contributed by atoms with Gasteiger partial charge >= 0.3 is 0 Å². The number of carbonyl (C=O) groups excluding carboxylic acids is 3. The van der Waals surface area contributed by atoms with Gasteiger partial charge in [0.2, 0.25) is 5.91 Å². The van der Waals surface area contributed by atoms with Gasteiger partial charge in [-0.2, -0.15) is 0 Å². The quantitative estimate of drug-likeness (QED) is 0.147. The minimum absolute atomic E-state index is 0.100. The molecule has 202 valence electrons. The Labute approximate surface area is 242 Å². The van der Waals surface area contributed by atoms with Crippen LogP contribution in [0.15, 0.2) is 114 Å². The number of aryl methyl sites for hydroxylation is 1. The van der Waals surface area contributed by atoms with Crippen molar-refractivity contribution in [2.45, 2.75) is 24.0 Å². The molecule has 4 aromatic carbocycles. The van der Waals surface area contributed by atoms with Crippen molar-refractivity contribution in [2.75, 3.05) is 10.6 Å². The number of amides is 3. The van der Waals surface area contributed by atoms with Crippen LogP contribution in [0.4, 0.5) is 11.4 Å². The summed E-state index contributed by atoms with van der Waals surface area (Å²) in [6.45, 7) is 3.77. The molecule has 0 saturated carbocycles. The van der Waals surface area contributed by atoms with Gasteiger partial charge in [-0.05, 0) is 68.0 Å². The van der Waals surface area contributed by atoms with Gasteiger partial charge in [0.1, 0.15) is 5.70 Å². The van der Waals surface area contributed by atoms with Gasteiger partial charge in [0.15, 0.2) is 0 Å². The molecule has 0 fully saturated rings. The first-order valence-electron chi connectivity index (χ1n) is 12.6. The van der Waals surface area contributed by atoms with Crippen molar-refractivity contribution in [1.29, 1.82) is 0 Å². The Morgan fingerprint density at radius 1 is 0.825 bits per heavy atom. The average molecular weight is 570 g/mol. The fraction of sp³-hybridized carbons (Fsp3) is 0.0938. The highest BCUT2D eigenvalue weighted by atomic mass is 35.5. The Bertz CT molecular complexity index is 1540. The van der Waals surface area contributed by atoms with Crippen LogP contribution in [-0.2, 0) is 9.59 Å². The highest BCUT2D eigenvalue weighted by Crippen LogP contribution is 2.28. The van der Waals surface area contributed by atoms with E-state index >= 15 is 0 Å². The maximum atomic E-state index is 13.4. The molecular weight excluding hydrogens is 542 g/mol. The lowest BCUT2D eigenvalue weighted by Crippen LogP contribution is -2.30. The molecule has 40 heavy (non-hydrogen) atoms. The van der Waals surface area contributed by atoms with Crippen LogP contribution in [0.25, 0.3) is 6.08 Å². The van der Waals surface area contributed by atoms with Gasteiger partial charge in [-0.15, -0.1) is 11.8 Å². The monoisotopic (exact) mass is 569 g/mol. The maximum Gasteiger partial charge on any atom is 0.272 e. The molecule has 6 nitrogen and oxygen atoms in total. The molecule has 3 N–H and O–H groups in total. The van der Waals surface area contributed by atoms with Crippen LogP contribution in [0.5, 0.6) is 0 Å². The topological polar surface area (TPSA) is 87.3 Å². The van der Waals surface area contributed by atoms with E-state index in [-0.39, 0.29) is 11.6 Å².